The van der Waals surface area contributed by atoms with Gasteiger partial charge in [0.25, 0.3) is 0 Å². The standard InChI is InChI=1S/C11H21NO2.C7H8OS/c1-11(2,3)14-10(13)12-9-7-5-4-6-8-9;8-5-6-2-1-3-7(9)4-6/h9H,4-8H2,1-3H3,(H,12,13);1-4,8-9H,5H2. The van der Waals surface area contributed by atoms with Gasteiger partial charge in [-0.1, -0.05) is 31.4 Å². The molecule has 0 aromatic heterocycles. The highest BCUT2D eigenvalue weighted by molar-refractivity contribution is 7.80. The molecule has 1 fully saturated rings. The Morgan fingerprint density at radius 1 is 1.30 bits per heavy atom. The van der Waals surface area contributed by atoms with Crippen molar-refractivity contribution in [1.29, 1.82) is 0 Å². The van der Waals surface area contributed by atoms with E-state index in [9.17, 15) is 4.79 Å². The minimum absolute atomic E-state index is 0.0917. The molecule has 2 N–H and O–H groups in total. The number of thiol groups is 1. The number of amides is 1. The summed E-state index contributed by atoms with van der Waals surface area (Å²) in [5.74, 6) is 0. The van der Waals surface area contributed by atoms with Crippen molar-refractivity contribution in [2.24, 2.45) is 0 Å². The van der Waals surface area contributed by atoms with Gasteiger partial charge in [-0.2, -0.15) is 0 Å². The lowest BCUT2D eigenvalue weighted by atomic mass is 9.96. The molecule has 0 bridgehead atoms. The summed E-state index contributed by atoms with van der Waals surface area (Å²) in [6.07, 6.45) is 5.66. The van der Waals surface area contributed by atoms with E-state index in [-0.39, 0.29) is 12.7 Å². The maximum Gasteiger partial charge on any atom is 0.407 e. The summed E-state index contributed by atoms with van der Waals surface area (Å²) in [6.45, 7) is 5.74. The third-order valence-electron chi connectivity index (χ3n) is 3.42. The van der Waals surface area contributed by atoms with E-state index in [2.05, 4.69) is 17.9 Å². The molecule has 1 aromatic carbocycles. The predicted octanol–water partition coefficient (Wildman–Crippen LogP) is 4.31. The van der Waals surface area contributed by atoms with Gasteiger partial charge in [0, 0.05) is 10.9 Å². The number of rotatable bonds is 2. The topological polar surface area (TPSA) is 58.6 Å². The number of hydrogen-bond donors (Lipinski definition) is 3. The molecule has 1 aliphatic carbocycles. The van der Waals surface area contributed by atoms with Crippen molar-refractivity contribution in [2.45, 2.75) is 76.0 Å². The van der Waals surface area contributed by atoms with Crippen molar-refractivity contribution in [3.05, 3.63) is 29.8 Å². The van der Waals surface area contributed by atoms with E-state index < -0.39 is 5.60 Å². The number of hydrogen-bond acceptors (Lipinski definition) is 4. The molecule has 130 valence electrons. The summed E-state index contributed by atoms with van der Waals surface area (Å²) < 4.78 is 5.19. The van der Waals surface area contributed by atoms with Crippen LogP contribution in [0.15, 0.2) is 29.2 Å². The lowest BCUT2D eigenvalue weighted by molar-refractivity contribution is 0.0493. The minimum atomic E-state index is -0.390. The third kappa shape index (κ3) is 9.51. The zero-order chi connectivity index (χ0) is 17.3. The molecule has 0 unspecified atom stereocenters. The Hall–Kier alpha value is -1.20. The van der Waals surface area contributed by atoms with Gasteiger partial charge in [-0.3, -0.25) is 0 Å². The first kappa shape index (κ1) is 19.8. The molecule has 23 heavy (non-hydrogen) atoms. The second-order valence-electron chi connectivity index (χ2n) is 6.81. The number of carbonyl (C=O) groups excluding carboxylic acids is 1. The molecular formula is C18H29NO3S. The van der Waals surface area contributed by atoms with Gasteiger partial charge in [-0.25, -0.2) is 4.79 Å². The van der Waals surface area contributed by atoms with Gasteiger partial charge in [0.05, 0.1) is 6.61 Å². The molecule has 1 aliphatic rings. The number of alkyl carbamates (subject to hydrolysis) is 1. The average Bonchev–Trinajstić information content (AvgIpc) is 2.47. The molecule has 0 spiro atoms. The Kier molecular flexibility index (Phi) is 8.48. The fourth-order valence-electron chi connectivity index (χ4n) is 2.38. The minimum Gasteiger partial charge on any atom is -0.444 e. The Morgan fingerprint density at radius 3 is 2.43 bits per heavy atom. The van der Waals surface area contributed by atoms with Crippen LogP contribution < -0.4 is 5.32 Å². The van der Waals surface area contributed by atoms with Crippen LogP contribution >= 0.6 is 12.6 Å². The van der Waals surface area contributed by atoms with Gasteiger partial charge in [0.15, 0.2) is 0 Å². The Bertz CT molecular complexity index is 479. The van der Waals surface area contributed by atoms with Gasteiger partial charge in [-0.05, 0) is 51.3 Å². The molecule has 0 atom stereocenters. The van der Waals surface area contributed by atoms with Crippen LogP contribution in [-0.2, 0) is 11.3 Å². The lowest BCUT2D eigenvalue weighted by Crippen LogP contribution is -2.39. The summed E-state index contributed by atoms with van der Waals surface area (Å²) in [7, 11) is 0. The molecule has 1 aromatic rings. The first-order valence-corrected chi connectivity index (χ1v) is 8.63. The zero-order valence-corrected chi connectivity index (χ0v) is 15.2. The number of carbonyl (C=O) groups is 1. The lowest BCUT2D eigenvalue weighted by Gasteiger charge is -2.25. The number of aliphatic hydroxyl groups is 1. The van der Waals surface area contributed by atoms with E-state index in [1.165, 1.54) is 19.3 Å². The quantitative estimate of drug-likeness (QED) is 0.704. The van der Waals surface area contributed by atoms with Crippen LogP contribution in [0.4, 0.5) is 4.79 Å². The van der Waals surface area contributed by atoms with Crippen molar-refractivity contribution < 1.29 is 14.6 Å². The van der Waals surface area contributed by atoms with Gasteiger partial charge in [-0.15, -0.1) is 12.6 Å². The van der Waals surface area contributed by atoms with Gasteiger partial charge < -0.3 is 15.2 Å². The van der Waals surface area contributed by atoms with Crippen molar-refractivity contribution in [2.75, 3.05) is 0 Å². The number of aliphatic hydroxyl groups excluding tert-OH is 1. The summed E-state index contributed by atoms with van der Waals surface area (Å²) in [4.78, 5) is 12.3. The van der Waals surface area contributed by atoms with Crippen molar-refractivity contribution in [3.63, 3.8) is 0 Å². The number of nitrogens with one attached hydrogen (secondary N) is 1. The first-order chi connectivity index (χ1) is 10.8. The van der Waals surface area contributed by atoms with Crippen LogP contribution in [0.25, 0.3) is 0 Å². The van der Waals surface area contributed by atoms with Gasteiger partial charge >= 0.3 is 6.09 Å². The van der Waals surface area contributed by atoms with Crippen molar-refractivity contribution in [1.82, 2.24) is 5.32 Å². The molecule has 4 nitrogen and oxygen atoms in total. The molecule has 0 aliphatic heterocycles. The Labute approximate surface area is 145 Å². The Morgan fingerprint density at radius 2 is 1.96 bits per heavy atom. The predicted molar refractivity (Wildman–Crippen MR) is 95.9 cm³/mol. The molecule has 0 saturated heterocycles. The maximum absolute atomic E-state index is 11.4. The summed E-state index contributed by atoms with van der Waals surface area (Å²) in [5, 5.41) is 11.5. The average molecular weight is 340 g/mol. The van der Waals surface area contributed by atoms with Crippen LogP contribution in [0.5, 0.6) is 0 Å². The molecule has 1 saturated carbocycles. The molecular weight excluding hydrogens is 310 g/mol. The zero-order valence-electron chi connectivity index (χ0n) is 14.3. The van der Waals surface area contributed by atoms with Crippen LogP contribution in [0.3, 0.4) is 0 Å². The fraction of sp³-hybridized carbons (Fsp3) is 0.611. The highest BCUT2D eigenvalue weighted by Gasteiger charge is 2.20. The van der Waals surface area contributed by atoms with Crippen LogP contribution in [0.2, 0.25) is 0 Å². The summed E-state index contributed by atoms with van der Waals surface area (Å²) in [5.41, 5.74) is 0.515. The van der Waals surface area contributed by atoms with E-state index in [1.807, 2.05) is 45.0 Å². The van der Waals surface area contributed by atoms with E-state index in [0.717, 1.165) is 23.3 Å². The second kappa shape index (κ2) is 9.83. The number of ether oxygens (including phenoxy) is 1. The van der Waals surface area contributed by atoms with Crippen molar-refractivity contribution >= 4 is 18.7 Å². The highest BCUT2D eigenvalue weighted by Crippen LogP contribution is 2.18. The fourth-order valence-corrected chi connectivity index (χ4v) is 2.63. The van der Waals surface area contributed by atoms with Crippen LogP contribution in [0, 0.1) is 0 Å². The normalized spacial score (nSPS) is 15.3. The second-order valence-corrected chi connectivity index (χ2v) is 7.33. The molecule has 1 amide bonds. The van der Waals surface area contributed by atoms with E-state index in [4.69, 9.17) is 9.84 Å². The molecule has 5 heteroatoms. The highest BCUT2D eigenvalue weighted by atomic mass is 32.1. The van der Waals surface area contributed by atoms with Crippen LogP contribution in [0.1, 0.15) is 58.4 Å². The van der Waals surface area contributed by atoms with E-state index in [1.54, 1.807) is 0 Å². The van der Waals surface area contributed by atoms with Crippen LogP contribution in [-0.4, -0.2) is 22.8 Å². The summed E-state index contributed by atoms with van der Waals surface area (Å²) >= 11 is 4.10. The molecule has 0 radical (unpaired) electrons. The Balaban J connectivity index is 0.000000253. The first-order valence-electron chi connectivity index (χ1n) is 8.18. The van der Waals surface area contributed by atoms with E-state index >= 15 is 0 Å². The monoisotopic (exact) mass is 339 g/mol. The van der Waals surface area contributed by atoms with Crippen molar-refractivity contribution in [3.8, 4) is 0 Å². The summed E-state index contributed by atoms with van der Waals surface area (Å²) in [6, 6.07) is 7.78. The largest absolute Gasteiger partial charge is 0.444 e. The maximum atomic E-state index is 11.4. The smallest absolute Gasteiger partial charge is 0.407 e. The molecule has 2 rings (SSSR count). The van der Waals surface area contributed by atoms with Gasteiger partial charge in [0.2, 0.25) is 0 Å². The third-order valence-corrected chi connectivity index (χ3v) is 3.70. The van der Waals surface area contributed by atoms with E-state index in [0.29, 0.717) is 6.04 Å². The van der Waals surface area contributed by atoms with Gasteiger partial charge in [0.1, 0.15) is 5.60 Å². The SMILES string of the molecule is CC(C)(C)OC(=O)NC1CCCCC1.OCc1cccc(S)c1. The number of benzene rings is 1. The molecule has 0 heterocycles.